The first-order chi connectivity index (χ1) is 7.19. The van der Waals surface area contributed by atoms with Gasteiger partial charge >= 0.3 is 5.69 Å². The molecule has 0 radical (unpaired) electrons. The van der Waals surface area contributed by atoms with Crippen molar-refractivity contribution in [3.8, 4) is 0 Å². The Morgan fingerprint density at radius 3 is 2.47 bits per heavy atom. The summed E-state index contributed by atoms with van der Waals surface area (Å²) in [5.74, 6) is 0. The molecule has 86 valence electrons. The zero-order valence-electron chi connectivity index (χ0n) is 9.86. The first-order valence-corrected chi connectivity index (χ1v) is 5.61. The van der Waals surface area contributed by atoms with Crippen molar-refractivity contribution >= 4 is 0 Å². The van der Waals surface area contributed by atoms with Crippen LogP contribution in [0.4, 0.5) is 0 Å². The van der Waals surface area contributed by atoms with Gasteiger partial charge in [0.1, 0.15) is 0 Å². The lowest BCUT2D eigenvalue weighted by Crippen LogP contribution is -2.28. The number of imidazole rings is 1. The van der Waals surface area contributed by atoms with Gasteiger partial charge in [-0.2, -0.15) is 0 Å². The smallest absolute Gasteiger partial charge is 0.317 e. The molecule has 0 bridgehead atoms. The highest BCUT2D eigenvalue weighted by atomic mass is 16.1. The van der Waals surface area contributed by atoms with Crippen molar-refractivity contribution in [3.63, 3.8) is 0 Å². The normalized spacial score (nSPS) is 13.0. The maximum absolute atomic E-state index is 11.8. The van der Waals surface area contributed by atoms with Crippen LogP contribution < -0.4 is 11.0 Å². The zero-order chi connectivity index (χ0) is 11.3. The van der Waals surface area contributed by atoms with Gasteiger partial charge in [0.2, 0.25) is 0 Å². The molecule has 4 nitrogen and oxygen atoms in total. The molecule has 1 aromatic rings. The maximum atomic E-state index is 11.8. The first-order valence-electron chi connectivity index (χ1n) is 5.61. The van der Waals surface area contributed by atoms with Crippen molar-refractivity contribution in [2.24, 2.45) is 0 Å². The van der Waals surface area contributed by atoms with Gasteiger partial charge in [0.25, 0.3) is 0 Å². The highest BCUT2D eigenvalue weighted by Crippen LogP contribution is 1.94. The van der Waals surface area contributed by atoms with Crippen molar-refractivity contribution < 1.29 is 0 Å². The van der Waals surface area contributed by atoms with Crippen LogP contribution in [0.1, 0.15) is 26.7 Å². The summed E-state index contributed by atoms with van der Waals surface area (Å²) in [6.45, 7) is 5.80. The number of aryl methyl sites for hydroxylation is 2. The number of nitrogens with zero attached hydrogens (tertiary/aromatic N) is 2. The van der Waals surface area contributed by atoms with Crippen molar-refractivity contribution in [1.29, 1.82) is 0 Å². The predicted molar refractivity (Wildman–Crippen MR) is 62.1 cm³/mol. The Kier molecular flexibility index (Phi) is 4.62. The average Bonchev–Trinajstić information content (AvgIpc) is 2.58. The Balaban J connectivity index is 2.59. The average molecular weight is 211 g/mol. The first kappa shape index (κ1) is 12.0. The zero-order valence-corrected chi connectivity index (χ0v) is 9.86. The SMILES string of the molecule is CCCn1ccn(CCC(C)NC)c1=O. The quantitative estimate of drug-likeness (QED) is 0.764. The minimum atomic E-state index is 0.111. The van der Waals surface area contributed by atoms with E-state index in [4.69, 9.17) is 0 Å². The summed E-state index contributed by atoms with van der Waals surface area (Å²) in [5.41, 5.74) is 0.111. The second kappa shape index (κ2) is 5.75. The molecule has 1 heterocycles. The summed E-state index contributed by atoms with van der Waals surface area (Å²) in [5, 5.41) is 3.16. The van der Waals surface area contributed by atoms with Crippen molar-refractivity contribution in [2.75, 3.05) is 7.05 Å². The molecule has 4 heteroatoms. The number of hydrogen-bond acceptors (Lipinski definition) is 2. The van der Waals surface area contributed by atoms with Crippen LogP contribution in [0.25, 0.3) is 0 Å². The fourth-order valence-corrected chi connectivity index (χ4v) is 1.51. The standard InChI is InChI=1S/C11H21N3O/c1-4-6-13-8-9-14(11(13)15)7-5-10(2)12-3/h8-10,12H,4-7H2,1-3H3. The number of hydrogen-bond donors (Lipinski definition) is 1. The highest BCUT2D eigenvalue weighted by molar-refractivity contribution is 4.81. The lowest BCUT2D eigenvalue weighted by atomic mass is 10.2. The van der Waals surface area contributed by atoms with Crippen LogP contribution >= 0.6 is 0 Å². The third kappa shape index (κ3) is 3.23. The van der Waals surface area contributed by atoms with Gasteiger partial charge in [0.05, 0.1) is 0 Å². The Labute approximate surface area is 90.9 Å². The van der Waals surface area contributed by atoms with Crippen LogP contribution in [0, 0.1) is 0 Å². The minimum absolute atomic E-state index is 0.111. The molecular weight excluding hydrogens is 190 g/mol. The molecule has 0 fully saturated rings. The van der Waals surface area contributed by atoms with Crippen molar-refractivity contribution in [3.05, 3.63) is 22.9 Å². The van der Waals surface area contributed by atoms with Gasteiger partial charge in [-0.1, -0.05) is 6.92 Å². The van der Waals surface area contributed by atoms with Crippen molar-refractivity contribution in [2.45, 2.75) is 45.8 Å². The molecule has 0 aliphatic heterocycles. The molecule has 0 saturated heterocycles. The molecular formula is C11H21N3O. The lowest BCUT2D eigenvalue weighted by molar-refractivity contribution is 0.496. The summed E-state index contributed by atoms with van der Waals surface area (Å²) in [6.07, 6.45) is 5.72. The monoisotopic (exact) mass is 211 g/mol. The summed E-state index contributed by atoms with van der Waals surface area (Å²) < 4.78 is 3.55. The van der Waals surface area contributed by atoms with Crippen molar-refractivity contribution in [1.82, 2.24) is 14.5 Å². The fraction of sp³-hybridized carbons (Fsp3) is 0.727. The number of aromatic nitrogens is 2. The fourth-order valence-electron chi connectivity index (χ4n) is 1.51. The molecule has 0 aromatic carbocycles. The second-order valence-corrected chi connectivity index (χ2v) is 3.95. The molecule has 1 N–H and O–H groups in total. The molecule has 0 spiro atoms. The maximum Gasteiger partial charge on any atom is 0.328 e. The highest BCUT2D eigenvalue weighted by Gasteiger charge is 2.03. The Bertz CT molecular complexity index is 340. The van der Waals surface area contributed by atoms with E-state index in [1.165, 1.54) is 0 Å². The van der Waals surface area contributed by atoms with E-state index < -0.39 is 0 Å². The van der Waals surface area contributed by atoms with E-state index in [1.807, 2.05) is 19.4 Å². The van der Waals surface area contributed by atoms with E-state index in [1.54, 1.807) is 9.13 Å². The Morgan fingerprint density at radius 2 is 1.93 bits per heavy atom. The van der Waals surface area contributed by atoms with E-state index in [0.717, 1.165) is 25.9 Å². The van der Waals surface area contributed by atoms with E-state index in [2.05, 4.69) is 19.2 Å². The summed E-state index contributed by atoms with van der Waals surface area (Å²) in [6, 6.07) is 0.450. The molecule has 0 amide bonds. The molecule has 15 heavy (non-hydrogen) atoms. The van der Waals surface area contributed by atoms with Gasteiger partial charge in [-0.3, -0.25) is 9.13 Å². The van der Waals surface area contributed by atoms with Gasteiger partial charge in [-0.25, -0.2) is 4.79 Å². The van der Waals surface area contributed by atoms with Crippen LogP contribution in [0.3, 0.4) is 0 Å². The van der Waals surface area contributed by atoms with Crippen LogP contribution in [0.2, 0.25) is 0 Å². The van der Waals surface area contributed by atoms with E-state index >= 15 is 0 Å². The van der Waals surface area contributed by atoms with Crippen LogP contribution in [-0.2, 0) is 13.1 Å². The van der Waals surface area contributed by atoms with Gasteiger partial charge < -0.3 is 5.32 Å². The minimum Gasteiger partial charge on any atom is -0.317 e. The Morgan fingerprint density at radius 1 is 1.33 bits per heavy atom. The molecule has 0 aliphatic carbocycles. The molecule has 1 unspecified atom stereocenters. The third-order valence-electron chi connectivity index (χ3n) is 2.68. The summed E-state index contributed by atoms with van der Waals surface area (Å²) in [7, 11) is 1.94. The molecule has 0 aliphatic rings. The third-order valence-corrected chi connectivity index (χ3v) is 2.68. The number of nitrogens with one attached hydrogen (secondary N) is 1. The van der Waals surface area contributed by atoms with E-state index in [0.29, 0.717) is 6.04 Å². The van der Waals surface area contributed by atoms with Gasteiger partial charge in [-0.05, 0) is 26.8 Å². The summed E-state index contributed by atoms with van der Waals surface area (Å²) in [4.78, 5) is 11.8. The number of rotatable bonds is 6. The molecule has 1 aromatic heterocycles. The summed E-state index contributed by atoms with van der Waals surface area (Å²) >= 11 is 0. The van der Waals surface area contributed by atoms with Crippen LogP contribution in [0.5, 0.6) is 0 Å². The van der Waals surface area contributed by atoms with Crippen LogP contribution in [0.15, 0.2) is 17.2 Å². The van der Waals surface area contributed by atoms with Gasteiger partial charge in [-0.15, -0.1) is 0 Å². The van der Waals surface area contributed by atoms with Gasteiger partial charge in [0.15, 0.2) is 0 Å². The van der Waals surface area contributed by atoms with E-state index in [-0.39, 0.29) is 5.69 Å². The topological polar surface area (TPSA) is 39.0 Å². The second-order valence-electron chi connectivity index (χ2n) is 3.95. The largest absolute Gasteiger partial charge is 0.328 e. The Hall–Kier alpha value is -1.03. The lowest BCUT2D eigenvalue weighted by Gasteiger charge is -2.09. The molecule has 1 atom stereocenters. The van der Waals surface area contributed by atoms with Gasteiger partial charge in [0, 0.05) is 31.5 Å². The van der Waals surface area contributed by atoms with E-state index in [9.17, 15) is 4.79 Å². The molecule has 1 rings (SSSR count). The predicted octanol–water partition coefficient (Wildman–Crippen LogP) is 1.06. The van der Waals surface area contributed by atoms with Crippen LogP contribution in [-0.4, -0.2) is 22.2 Å². The molecule has 0 saturated carbocycles.